The van der Waals surface area contributed by atoms with Crippen LogP contribution in [-0.2, 0) is 17.1 Å². The van der Waals surface area contributed by atoms with Gasteiger partial charge in [0.1, 0.15) is 24.1 Å². The molecule has 1 saturated heterocycles. The molecule has 0 saturated carbocycles. The molecule has 0 unspecified atom stereocenters. The maximum absolute atomic E-state index is 14.6. The van der Waals surface area contributed by atoms with Crippen LogP contribution in [0.1, 0.15) is 24.7 Å². The van der Waals surface area contributed by atoms with Gasteiger partial charge in [0.2, 0.25) is 5.91 Å². The van der Waals surface area contributed by atoms with Gasteiger partial charge in [0.25, 0.3) is 0 Å². The van der Waals surface area contributed by atoms with Crippen molar-refractivity contribution in [1.82, 2.24) is 14.9 Å². The van der Waals surface area contributed by atoms with Crippen LogP contribution in [0.2, 0.25) is 0 Å². The average Bonchev–Trinajstić information content (AvgIpc) is 3.08. The van der Waals surface area contributed by atoms with Gasteiger partial charge < -0.3 is 10.2 Å². The number of hydrogen-bond donors (Lipinski definition) is 1. The second-order valence-electron chi connectivity index (χ2n) is 7.39. The largest absolute Gasteiger partial charge is 0.433 e. The van der Waals surface area contributed by atoms with E-state index in [9.17, 15) is 40.3 Å². The molecule has 3 rings (SSSR count). The molecule has 1 aliphatic heterocycles. The molecule has 1 aliphatic rings. The number of rotatable bonds is 6. The summed E-state index contributed by atoms with van der Waals surface area (Å²) in [5.74, 6) is -0.824. The number of pyridine rings is 2. The predicted octanol–water partition coefficient (Wildman–Crippen LogP) is 4.51. The Bertz CT molecular complexity index is 1030. The van der Waals surface area contributed by atoms with Gasteiger partial charge in [-0.3, -0.25) is 9.69 Å². The van der Waals surface area contributed by atoms with E-state index < -0.39 is 54.4 Å². The summed E-state index contributed by atoms with van der Waals surface area (Å²) >= 11 is 0. The van der Waals surface area contributed by atoms with Crippen LogP contribution in [0.25, 0.3) is 0 Å². The van der Waals surface area contributed by atoms with E-state index in [-0.39, 0.29) is 24.3 Å². The minimum absolute atomic E-state index is 0.00199. The van der Waals surface area contributed by atoms with Crippen molar-refractivity contribution in [2.24, 2.45) is 0 Å². The molecule has 0 spiro atoms. The van der Waals surface area contributed by atoms with Gasteiger partial charge in [-0.25, -0.2) is 19.2 Å². The van der Waals surface area contributed by atoms with Gasteiger partial charge in [-0.05, 0) is 30.7 Å². The van der Waals surface area contributed by atoms with Gasteiger partial charge in [0.05, 0.1) is 36.4 Å². The lowest BCUT2D eigenvalue weighted by molar-refractivity contribution is -0.141. The Kier molecular flexibility index (Phi) is 6.98. The second-order valence-corrected chi connectivity index (χ2v) is 7.39. The van der Waals surface area contributed by atoms with Gasteiger partial charge in [-0.15, -0.1) is 0 Å². The monoisotopic (exact) mass is 493 g/mol. The highest BCUT2D eigenvalue weighted by molar-refractivity contribution is 5.99. The van der Waals surface area contributed by atoms with Crippen molar-refractivity contribution in [1.29, 1.82) is 0 Å². The third-order valence-corrected chi connectivity index (χ3v) is 5.06. The van der Waals surface area contributed by atoms with Crippen LogP contribution >= 0.6 is 0 Å². The van der Waals surface area contributed by atoms with Crippen LogP contribution in [-0.4, -0.2) is 52.1 Å². The van der Waals surface area contributed by atoms with Crippen molar-refractivity contribution in [2.75, 3.05) is 23.3 Å². The summed E-state index contributed by atoms with van der Waals surface area (Å²) in [5.41, 5.74) is -2.42. The van der Waals surface area contributed by atoms with Crippen LogP contribution in [0.3, 0.4) is 0 Å². The van der Waals surface area contributed by atoms with E-state index >= 15 is 0 Å². The Labute approximate surface area is 188 Å². The van der Waals surface area contributed by atoms with Gasteiger partial charge >= 0.3 is 18.4 Å². The summed E-state index contributed by atoms with van der Waals surface area (Å²) in [6.07, 6.45) is -9.28. The van der Waals surface area contributed by atoms with Crippen molar-refractivity contribution in [3.8, 4) is 0 Å². The number of alkyl halides is 7. The summed E-state index contributed by atoms with van der Waals surface area (Å²) in [6.45, 7) is 0.634. The summed E-state index contributed by atoms with van der Waals surface area (Å²) < 4.78 is 90.6. The third-order valence-electron chi connectivity index (χ3n) is 5.06. The standard InChI is InChI=1S/C20H18F7N5O2/c1-2-13(21)14-9-31(12-4-6-16(29-8-12)20(25,26)27)18(34)32(14)10-17(33)30-11-3-5-15(28-7-11)19(22,23)24/h3-8,13-14H,2,9-10H2,1H3,(H,30,33)/t13-,14+/m0/s1. The molecule has 0 bridgehead atoms. The van der Waals surface area contributed by atoms with E-state index in [1.165, 1.54) is 6.92 Å². The highest BCUT2D eigenvalue weighted by Crippen LogP contribution is 2.31. The van der Waals surface area contributed by atoms with Crippen molar-refractivity contribution in [3.05, 3.63) is 48.0 Å². The average molecular weight is 493 g/mol. The first-order valence-electron chi connectivity index (χ1n) is 9.89. The third kappa shape index (κ3) is 5.54. The fraction of sp³-hybridized carbons (Fsp3) is 0.400. The quantitative estimate of drug-likeness (QED) is 0.601. The summed E-state index contributed by atoms with van der Waals surface area (Å²) in [7, 11) is 0. The molecule has 7 nitrogen and oxygen atoms in total. The van der Waals surface area contributed by atoms with Gasteiger partial charge in [0.15, 0.2) is 0 Å². The number of halogens is 7. The number of carbonyl (C=O) groups excluding carboxylic acids is 2. The Balaban J connectivity index is 1.75. The number of nitrogens with zero attached hydrogens (tertiary/aromatic N) is 4. The molecule has 3 heterocycles. The maximum Gasteiger partial charge on any atom is 0.433 e. The predicted molar refractivity (Wildman–Crippen MR) is 106 cm³/mol. The highest BCUT2D eigenvalue weighted by atomic mass is 19.4. The zero-order valence-corrected chi connectivity index (χ0v) is 17.5. The van der Waals surface area contributed by atoms with Crippen LogP contribution in [0.5, 0.6) is 0 Å². The molecule has 0 aliphatic carbocycles. The normalized spacial score (nSPS) is 17.8. The molecule has 2 aromatic heterocycles. The number of carbonyl (C=O) groups is 2. The number of anilines is 2. The van der Waals surface area contributed by atoms with Gasteiger partial charge in [-0.1, -0.05) is 6.92 Å². The Morgan fingerprint density at radius 1 is 1.06 bits per heavy atom. The highest BCUT2D eigenvalue weighted by Gasteiger charge is 2.43. The molecule has 184 valence electrons. The van der Waals surface area contributed by atoms with E-state index in [1.807, 2.05) is 0 Å². The summed E-state index contributed by atoms with van der Waals surface area (Å²) in [4.78, 5) is 33.7. The van der Waals surface area contributed by atoms with Crippen molar-refractivity contribution < 1.29 is 40.3 Å². The lowest BCUT2D eigenvalue weighted by atomic mass is 10.1. The molecule has 3 amide bonds. The van der Waals surface area contributed by atoms with Crippen LogP contribution in [0.15, 0.2) is 36.7 Å². The number of aromatic nitrogens is 2. The molecule has 2 atom stereocenters. The first-order valence-corrected chi connectivity index (χ1v) is 9.89. The Morgan fingerprint density at radius 3 is 2.12 bits per heavy atom. The Hall–Kier alpha value is -3.45. The van der Waals surface area contributed by atoms with Gasteiger partial charge in [-0.2, -0.15) is 26.3 Å². The van der Waals surface area contributed by atoms with Crippen LogP contribution in [0, 0.1) is 0 Å². The molecule has 2 aromatic rings. The molecule has 0 aromatic carbocycles. The maximum atomic E-state index is 14.6. The van der Waals surface area contributed by atoms with E-state index in [2.05, 4.69) is 15.3 Å². The fourth-order valence-electron chi connectivity index (χ4n) is 3.35. The first kappa shape index (κ1) is 25.2. The zero-order valence-electron chi connectivity index (χ0n) is 17.5. The van der Waals surface area contributed by atoms with Gasteiger partial charge in [0, 0.05) is 0 Å². The SMILES string of the molecule is CC[C@H](F)[C@H]1CN(c2ccc(C(F)(F)F)nc2)C(=O)N1CC(=O)Nc1ccc(C(F)(F)F)nc1. The topological polar surface area (TPSA) is 78.4 Å². The molecule has 0 radical (unpaired) electrons. The van der Waals surface area contributed by atoms with E-state index in [0.29, 0.717) is 12.1 Å². The number of hydrogen-bond acceptors (Lipinski definition) is 4. The fourth-order valence-corrected chi connectivity index (χ4v) is 3.35. The number of nitrogens with one attached hydrogen (secondary N) is 1. The van der Waals surface area contributed by atoms with E-state index in [1.54, 1.807) is 0 Å². The van der Waals surface area contributed by atoms with Crippen LogP contribution in [0.4, 0.5) is 46.9 Å². The smallest absolute Gasteiger partial charge is 0.323 e. The first-order chi connectivity index (χ1) is 15.8. The van der Waals surface area contributed by atoms with Crippen molar-refractivity contribution in [2.45, 2.75) is 37.9 Å². The van der Waals surface area contributed by atoms with Crippen molar-refractivity contribution in [3.63, 3.8) is 0 Å². The Morgan fingerprint density at radius 2 is 1.65 bits per heavy atom. The number of urea groups is 1. The molecular formula is C20H18F7N5O2. The lowest BCUT2D eigenvalue weighted by Crippen LogP contribution is -2.44. The van der Waals surface area contributed by atoms with Crippen LogP contribution < -0.4 is 10.2 Å². The zero-order chi connectivity index (χ0) is 25.3. The van der Waals surface area contributed by atoms with Crippen molar-refractivity contribution >= 4 is 23.3 Å². The molecular weight excluding hydrogens is 475 g/mol. The number of amides is 3. The minimum atomic E-state index is -4.68. The molecule has 34 heavy (non-hydrogen) atoms. The molecule has 14 heteroatoms. The molecule has 1 fully saturated rings. The minimum Gasteiger partial charge on any atom is -0.323 e. The summed E-state index contributed by atoms with van der Waals surface area (Å²) in [6, 6.07) is 1.41. The molecule has 1 N–H and O–H groups in total. The summed E-state index contributed by atoms with van der Waals surface area (Å²) in [5, 5.41) is 2.28. The van der Waals surface area contributed by atoms with E-state index in [4.69, 9.17) is 0 Å². The second kappa shape index (κ2) is 9.43. The lowest BCUT2D eigenvalue weighted by Gasteiger charge is -2.24. The van der Waals surface area contributed by atoms with E-state index in [0.717, 1.165) is 34.3 Å².